The predicted molar refractivity (Wildman–Crippen MR) is 335 cm³/mol. The maximum atomic E-state index is 13.0. The normalized spacial score (nSPS) is 14.7. The van der Waals surface area contributed by atoms with Crippen molar-refractivity contribution >= 4 is 39.5 Å². The molecule has 0 fully saturated rings. The molecule has 0 bridgehead atoms. The Morgan fingerprint density at radius 2 is 0.571 bits per heavy atom. The van der Waals surface area contributed by atoms with E-state index in [0.29, 0.717) is 37.5 Å². The summed E-state index contributed by atoms with van der Waals surface area (Å²) in [6.45, 7) is 13.9. The number of hydrogen-bond donors (Lipinski definition) is 3. The molecule has 0 aliphatic carbocycles. The summed E-state index contributed by atoms with van der Waals surface area (Å²) < 4.78 is 68.0. The molecule has 19 heteroatoms. The number of phosphoric ester groups is 2. The highest BCUT2D eigenvalue weighted by Crippen LogP contribution is 2.45. The second-order valence-electron chi connectivity index (χ2n) is 25.2. The van der Waals surface area contributed by atoms with Crippen LogP contribution >= 0.6 is 15.6 Å². The van der Waals surface area contributed by atoms with E-state index in [0.717, 1.165) is 115 Å². The third-order valence-corrected chi connectivity index (χ3v) is 17.1. The van der Waals surface area contributed by atoms with Gasteiger partial charge in [-0.2, -0.15) is 0 Å². The van der Waals surface area contributed by atoms with Crippen LogP contribution in [0, 0.1) is 23.7 Å². The van der Waals surface area contributed by atoms with Gasteiger partial charge in [-0.15, -0.1) is 0 Å². The fourth-order valence-corrected chi connectivity index (χ4v) is 11.2. The molecule has 0 rings (SSSR count). The van der Waals surface area contributed by atoms with Gasteiger partial charge in [0.15, 0.2) is 12.2 Å². The zero-order valence-corrected chi connectivity index (χ0v) is 56.3. The molecule has 498 valence electrons. The summed E-state index contributed by atoms with van der Waals surface area (Å²) in [5, 5.41) is 10.5. The number of esters is 4. The van der Waals surface area contributed by atoms with Crippen molar-refractivity contribution < 1.29 is 80.2 Å². The maximum Gasteiger partial charge on any atom is 0.472 e. The molecule has 0 saturated heterocycles. The molecule has 17 nitrogen and oxygen atoms in total. The standard InChI is InChI=1S/C65H126O17P2/c1-9-58(8)44-36-28-22-24-32-40-48-65(70)82-61(52-76-63(68)46-38-30-23-21-27-35-43-57(6)7)54-80-84(73,74)78-50-59(66)49-77-83(71,72)79-53-60(51-75-62(67)45-37-29-20-16-18-26-34-42-56(4)5)81-64(69)47-39-31-19-15-13-11-10-12-14-17-25-33-41-55(2)3/h55-61,66H,9-54H2,1-8H3,(H,71,72)(H,73,74)/t58?,59-,60-,61-/m1/s1. The minimum atomic E-state index is -4.95. The highest BCUT2D eigenvalue weighted by atomic mass is 31.2. The summed E-state index contributed by atoms with van der Waals surface area (Å²) in [4.78, 5) is 72.2. The molecule has 3 N–H and O–H groups in total. The molecule has 0 aliphatic heterocycles. The van der Waals surface area contributed by atoms with Crippen LogP contribution in [-0.2, 0) is 65.4 Å². The molecule has 0 aromatic rings. The van der Waals surface area contributed by atoms with Crippen LogP contribution in [0.1, 0.15) is 312 Å². The molecule has 0 saturated carbocycles. The molecule has 0 heterocycles. The summed E-state index contributed by atoms with van der Waals surface area (Å²) in [6, 6.07) is 0. The van der Waals surface area contributed by atoms with Crippen molar-refractivity contribution in [1.82, 2.24) is 0 Å². The number of aliphatic hydroxyl groups excluding tert-OH is 1. The Morgan fingerprint density at radius 1 is 0.333 bits per heavy atom. The van der Waals surface area contributed by atoms with Crippen LogP contribution < -0.4 is 0 Å². The number of unbranched alkanes of at least 4 members (excludes halogenated alkanes) is 27. The SMILES string of the molecule is CCC(C)CCCCCCCCC(=O)O[C@H](COC(=O)CCCCCCCCC(C)C)COP(=O)(O)OC[C@H](O)COP(=O)(O)OC[C@@H](COC(=O)CCCCCCCCCC(C)C)OC(=O)CCCCCCCCCCCCCCC(C)C. The van der Waals surface area contributed by atoms with Gasteiger partial charge < -0.3 is 33.8 Å². The third kappa shape index (κ3) is 57.8. The fourth-order valence-electron chi connectivity index (χ4n) is 9.57. The van der Waals surface area contributed by atoms with Crippen molar-refractivity contribution in [1.29, 1.82) is 0 Å². The maximum absolute atomic E-state index is 13.0. The minimum absolute atomic E-state index is 0.101. The first kappa shape index (κ1) is 82.1. The van der Waals surface area contributed by atoms with Gasteiger partial charge in [0.25, 0.3) is 0 Å². The average Bonchev–Trinajstić information content (AvgIpc) is 3.44. The van der Waals surface area contributed by atoms with Gasteiger partial charge in [-0.25, -0.2) is 9.13 Å². The van der Waals surface area contributed by atoms with Crippen molar-refractivity contribution in [3.05, 3.63) is 0 Å². The Bertz CT molecular complexity index is 1680. The van der Waals surface area contributed by atoms with Crippen molar-refractivity contribution in [2.75, 3.05) is 39.6 Å². The molecular weight excluding hydrogens is 1110 g/mol. The molecule has 3 unspecified atom stereocenters. The fraction of sp³-hybridized carbons (Fsp3) is 0.938. The van der Waals surface area contributed by atoms with Crippen molar-refractivity contribution in [3.63, 3.8) is 0 Å². The van der Waals surface area contributed by atoms with E-state index in [1.807, 2.05) is 0 Å². The van der Waals surface area contributed by atoms with Crippen molar-refractivity contribution in [3.8, 4) is 0 Å². The number of ether oxygens (including phenoxy) is 4. The van der Waals surface area contributed by atoms with Crippen LogP contribution in [0.25, 0.3) is 0 Å². The van der Waals surface area contributed by atoms with E-state index in [4.69, 9.17) is 37.0 Å². The molecule has 0 aliphatic rings. The van der Waals surface area contributed by atoms with Gasteiger partial charge in [0.1, 0.15) is 19.3 Å². The van der Waals surface area contributed by atoms with Gasteiger partial charge in [0.2, 0.25) is 0 Å². The van der Waals surface area contributed by atoms with Gasteiger partial charge >= 0.3 is 39.5 Å². The largest absolute Gasteiger partial charge is 0.472 e. The summed E-state index contributed by atoms with van der Waals surface area (Å²) in [5.41, 5.74) is 0. The average molecular weight is 1240 g/mol. The predicted octanol–water partition coefficient (Wildman–Crippen LogP) is 17.8. The first-order chi connectivity index (χ1) is 40.1. The number of hydrogen-bond acceptors (Lipinski definition) is 15. The molecule has 84 heavy (non-hydrogen) atoms. The Labute approximate surface area is 511 Å². The third-order valence-electron chi connectivity index (χ3n) is 15.2. The van der Waals surface area contributed by atoms with Crippen LogP contribution in [0.2, 0.25) is 0 Å². The molecule has 0 amide bonds. The molecular formula is C65H126O17P2. The van der Waals surface area contributed by atoms with Crippen molar-refractivity contribution in [2.24, 2.45) is 23.7 Å². The smallest absolute Gasteiger partial charge is 0.462 e. The second-order valence-corrected chi connectivity index (χ2v) is 28.1. The Balaban J connectivity index is 5.24. The lowest BCUT2D eigenvalue weighted by Crippen LogP contribution is -2.30. The van der Waals surface area contributed by atoms with Gasteiger partial charge in [0, 0.05) is 25.7 Å². The quantitative estimate of drug-likeness (QED) is 0.0222. The zero-order valence-electron chi connectivity index (χ0n) is 54.5. The van der Waals surface area contributed by atoms with Gasteiger partial charge in [-0.3, -0.25) is 37.3 Å². The number of rotatable bonds is 62. The lowest BCUT2D eigenvalue weighted by atomic mass is 10.00. The van der Waals surface area contributed by atoms with Crippen LogP contribution in [-0.4, -0.2) is 96.7 Å². The van der Waals surface area contributed by atoms with E-state index in [9.17, 15) is 43.2 Å². The van der Waals surface area contributed by atoms with Crippen LogP contribution in [0.3, 0.4) is 0 Å². The Kier molecular flexibility index (Phi) is 53.9. The Morgan fingerprint density at radius 3 is 0.845 bits per heavy atom. The van der Waals surface area contributed by atoms with E-state index in [1.54, 1.807) is 0 Å². The molecule has 0 radical (unpaired) electrons. The number of aliphatic hydroxyl groups is 1. The van der Waals surface area contributed by atoms with Crippen LogP contribution in [0.5, 0.6) is 0 Å². The topological polar surface area (TPSA) is 237 Å². The lowest BCUT2D eigenvalue weighted by molar-refractivity contribution is -0.161. The van der Waals surface area contributed by atoms with Gasteiger partial charge in [-0.1, -0.05) is 261 Å². The number of phosphoric acid groups is 2. The molecule has 6 atom stereocenters. The van der Waals surface area contributed by atoms with E-state index in [2.05, 4.69) is 55.4 Å². The Hall–Kier alpha value is -1.94. The first-order valence-electron chi connectivity index (χ1n) is 33.7. The van der Waals surface area contributed by atoms with Crippen molar-refractivity contribution in [2.45, 2.75) is 331 Å². The highest BCUT2D eigenvalue weighted by Gasteiger charge is 2.30. The number of carbonyl (C=O) groups is 4. The monoisotopic (exact) mass is 1240 g/mol. The van der Waals surface area contributed by atoms with E-state index < -0.39 is 97.5 Å². The summed E-state index contributed by atoms with van der Waals surface area (Å²) >= 11 is 0. The number of carbonyl (C=O) groups excluding carboxylic acids is 4. The molecule has 0 aromatic carbocycles. The minimum Gasteiger partial charge on any atom is -0.462 e. The van der Waals surface area contributed by atoms with Gasteiger partial charge in [-0.05, 0) is 49.4 Å². The van der Waals surface area contributed by atoms with E-state index in [-0.39, 0.29) is 25.7 Å². The van der Waals surface area contributed by atoms with E-state index >= 15 is 0 Å². The summed E-state index contributed by atoms with van der Waals surface area (Å²) in [5.74, 6) is 0.740. The van der Waals surface area contributed by atoms with Crippen LogP contribution in [0.4, 0.5) is 0 Å². The first-order valence-corrected chi connectivity index (χ1v) is 36.7. The molecule has 0 spiro atoms. The zero-order chi connectivity index (χ0) is 62.5. The van der Waals surface area contributed by atoms with E-state index in [1.165, 1.54) is 103 Å². The molecule has 0 aromatic heterocycles. The summed E-state index contributed by atoms with van der Waals surface area (Å²) in [7, 11) is -9.89. The summed E-state index contributed by atoms with van der Waals surface area (Å²) in [6.07, 6.45) is 35.1. The highest BCUT2D eigenvalue weighted by molar-refractivity contribution is 7.47. The lowest BCUT2D eigenvalue weighted by Gasteiger charge is -2.21. The second kappa shape index (κ2) is 55.2. The van der Waals surface area contributed by atoms with Crippen LogP contribution in [0.15, 0.2) is 0 Å². The van der Waals surface area contributed by atoms with Gasteiger partial charge in [0.05, 0.1) is 26.4 Å².